The van der Waals surface area contributed by atoms with Crippen molar-refractivity contribution < 1.29 is 23.7 Å². The second-order valence-corrected chi connectivity index (χ2v) is 6.76. The number of hydrogen-bond donors (Lipinski definition) is 2. The van der Waals surface area contributed by atoms with E-state index in [2.05, 4.69) is 10.6 Å². The zero-order valence-corrected chi connectivity index (χ0v) is 17.0. The Bertz CT molecular complexity index is 1220. The zero-order valence-electron chi connectivity index (χ0n) is 16.2. The van der Waals surface area contributed by atoms with Crippen molar-refractivity contribution in [1.82, 2.24) is 9.88 Å². The molecule has 0 fully saturated rings. The fourth-order valence-electron chi connectivity index (χ4n) is 2.80. The largest absolute Gasteiger partial charge is 0.420 e. The van der Waals surface area contributed by atoms with Crippen LogP contribution in [0.25, 0.3) is 11.1 Å². The third kappa shape index (κ3) is 5.08. The van der Waals surface area contributed by atoms with Crippen molar-refractivity contribution in [3.8, 4) is 0 Å². The van der Waals surface area contributed by atoms with Crippen LogP contribution in [0.1, 0.15) is 10.4 Å². The molecule has 162 valence electrons. The molecule has 0 radical (unpaired) electrons. The smallest absolute Gasteiger partial charge is 0.407 e. The Morgan fingerprint density at radius 2 is 2.03 bits per heavy atom. The first-order valence-electron chi connectivity index (χ1n) is 8.94. The molecule has 1 heterocycles. The second kappa shape index (κ2) is 9.41. The third-order valence-electron chi connectivity index (χ3n) is 4.25. The van der Waals surface area contributed by atoms with Crippen LogP contribution < -0.4 is 16.4 Å². The van der Waals surface area contributed by atoms with Crippen molar-refractivity contribution in [2.24, 2.45) is 0 Å². The molecule has 0 saturated heterocycles. The highest BCUT2D eigenvalue weighted by atomic mass is 35.5. The van der Waals surface area contributed by atoms with Crippen LogP contribution in [0.2, 0.25) is 5.02 Å². The number of amides is 2. The summed E-state index contributed by atoms with van der Waals surface area (Å²) >= 11 is 6.14. The van der Waals surface area contributed by atoms with Gasteiger partial charge in [0, 0.05) is 25.4 Å². The highest BCUT2D eigenvalue weighted by molar-refractivity contribution is 6.34. The number of rotatable bonds is 8. The van der Waals surface area contributed by atoms with E-state index in [0.29, 0.717) is 18.8 Å². The van der Waals surface area contributed by atoms with Crippen LogP contribution in [0.4, 0.5) is 11.4 Å². The number of oxazole rings is 1. The summed E-state index contributed by atoms with van der Waals surface area (Å²) < 4.78 is 10.9. The predicted molar refractivity (Wildman–Crippen MR) is 111 cm³/mol. The summed E-state index contributed by atoms with van der Waals surface area (Å²) in [4.78, 5) is 46.8. The van der Waals surface area contributed by atoms with Crippen molar-refractivity contribution in [2.45, 2.75) is 6.54 Å². The number of ether oxygens (including phenoxy) is 1. The van der Waals surface area contributed by atoms with E-state index in [9.17, 15) is 24.5 Å². The number of nitrogens with one attached hydrogen (secondary N) is 2. The van der Waals surface area contributed by atoms with Crippen molar-refractivity contribution in [1.29, 1.82) is 0 Å². The van der Waals surface area contributed by atoms with Crippen LogP contribution in [0.5, 0.6) is 0 Å². The Hall–Kier alpha value is -3.70. The summed E-state index contributed by atoms with van der Waals surface area (Å²) in [6.45, 7) is 0.286. The number of methoxy groups -OCH3 is 1. The van der Waals surface area contributed by atoms with Gasteiger partial charge in [0.25, 0.3) is 11.6 Å². The summed E-state index contributed by atoms with van der Waals surface area (Å²) in [5, 5.41) is 16.2. The summed E-state index contributed by atoms with van der Waals surface area (Å²) in [7, 11) is 1.51. The minimum atomic E-state index is -0.827. The minimum absolute atomic E-state index is 0.00103. The molecule has 3 aromatic rings. The van der Waals surface area contributed by atoms with Gasteiger partial charge in [0.05, 0.1) is 33.7 Å². The zero-order chi connectivity index (χ0) is 22.5. The molecule has 0 aliphatic carbocycles. The van der Waals surface area contributed by atoms with E-state index in [0.717, 1.165) is 10.6 Å². The molecule has 2 amide bonds. The molecule has 11 nitrogen and oxygen atoms in total. The Balaban J connectivity index is 1.72. The monoisotopic (exact) mass is 448 g/mol. The summed E-state index contributed by atoms with van der Waals surface area (Å²) in [5.41, 5.74) is 0.555. The lowest BCUT2D eigenvalue weighted by atomic mass is 10.2. The molecule has 1 aromatic heterocycles. The first-order valence-corrected chi connectivity index (χ1v) is 9.32. The van der Waals surface area contributed by atoms with E-state index >= 15 is 0 Å². The quantitative estimate of drug-likeness (QED) is 0.305. The summed E-state index contributed by atoms with van der Waals surface area (Å²) in [6.07, 6.45) is 0. The fourth-order valence-corrected chi connectivity index (χ4v) is 3.07. The molecule has 0 saturated carbocycles. The number of hydrogen-bond acceptors (Lipinski definition) is 7. The number of carbonyl (C=O) groups excluding carboxylic acids is 2. The fraction of sp³-hybridized carbons (Fsp3) is 0.211. The highest BCUT2D eigenvalue weighted by Gasteiger charge is 2.17. The number of nitro benzene ring substituents is 1. The molecule has 0 aliphatic rings. The van der Waals surface area contributed by atoms with Gasteiger partial charge >= 0.3 is 5.76 Å². The van der Waals surface area contributed by atoms with E-state index in [4.69, 9.17) is 20.8 Å². The van der Waals surface area contributed by atoms with Gasteiger partial charge in [-0.1, -0.05) is 11.6 Å². The molecule has 0 spiro atoms. The maximum absolute atomic E-state index is 12.4. The van der Waals surface area contributed by atoms with Crippen molar-refractivity contribution in [2.75, 3.05) is 25.6 Å². The Kier molecular flexibility index (Phi) is 6.68. The number of non-ortho nitro benzene ring substituents is 1. The Morgan fingerprint density at radius 3 is 2.71 bits per heavy atom. The van der Waals surface area contributed by atoms with Crippen LogP contribution >= 0.6 is 11.6 Å². The van der Waals surface area contributed by atoms with Gasteiger partial charge in [-0.3, -0.25) is 24.3 Å². The van der Waals surface area contributed by atoms with E-state index in [-0.39, 0.29) is 39.8 Å². The molecule has 0 aliphatic heterocycles. The molecule has 0 unspecified atom stereocenters. The lowest BCUT2D eigenvalue weighted by Gasteiger charge is -2.09. The van der Waals surface area contributed by atoms with Crippen LogP contribution in [0.3, 0.4) is 0 Å². The summed E-state index contributed by atoms with van der Waals surface area (Å²) in [5.74, 6) is -1.77. The van der Waals surface area contributed by atoms with E-state index in [1.807, 2.05) is 0 Å². The van der Waals surface area contributed by atoms with Crippen LogP contribution in [-0.4, -0.2) is 41.6 Å². The first-order chi connectivity index (χ1) is 14.8. The van der Waals surface area contributed by atoms with Crippen LogP contribution in [-0.2, 0) is 16.1 Å². The SMILES string of the molecule is COCCNC(=O)c1ccc(NC(=O)Cn2c(=O)oc3cc([N+](=O)[O-])ccc32)cc1Cl. The maximum atomic E-state index is 12.4. The molecule has 2 aromatic carbocycles. The standard InChI is InChI=1S/C19H17ClN4O7/c1-30-7-6-21-18(26)13-4-2-11(8-14(13)20)22-17(25)10-23-15-5-3-12(24(28)29)9-16(15)31-19(23)27/h2-5,8-9H,6-7,10H2,1H3,(H,21,26)(H,22,25). The van der Waals surface area contributed by atoms with Gasteiger partial charge in [-0.15, -0.1) is 0 Å². The van der Waals surface area contributed by atoms with Gasteiger partial charge < -0.3 is 19.8 Å². The highest BCUT2D eigenvalue weighted by Crippen LogP contribution is 2.22. The molecular weight excluding hydrogens is 432 g/mol. The average Bonchev–Trinajstić information content (AvgIpc) is 3.02. The molecular formula is C19H17ClN4O7. The number of benzene rings is 2. The Morgan fingerprint density at radius 1 is 1.26 bits per heavy atom. The van der Waals surface area contributed by atoms with Crippen LogP contribution in [0.15, 0.2) is 45.6 Å². The number of anilines is 1. The molecule has 0 bridgehead atoms. The third-order valence-corrected chi connectivity index (χ3v) is 4.57. The lowest BCUT2D eigenvalue weighted by Crippen LogP contribution is -2.27. The number of aromatic nitrogens is 1. The van der Waals surface area contributed by atoms with Crippen molar-refractivity contribution in [3.63, 3.8) is 0 Å². The second-order valence-electron chi connectivity index (χ2n) is 6.35. The van der Waals surface area contributed by atoms with E-state index in [1.165, 1.54) is 37.4 Å². The lowest BCUT2D eigenvalue weighted by molar-refractivity contribution is -0.384. The molecule has 3 rings (SSSR count). The van der Waals surface area contributed by atoms with Gasteiger partial charge in [0.1, 0.15) is 6.54 Å². The molecule has 2 N–H and O–H groups in total. The normalized spacial score (nSPS) is 10.8. The number of nitrogens with zero attached hydrogens (tertiary/aromatic N) is 2. The van der Waals surface area contributed by atoms with Gasteiger partial charge in [0.2, 0.25) is 5.91 Å². The van der Waals surface area contributed by atoms with Gasteiger partial charge in [-0.25, -0.2) is 4.79 Å². The van der Waals surface area contributed by atoms with Gasteiger partial charge in [-0.2, -0.15) is 0 Å². The van der Waals surface area contributed by atoms with Gasteiger partial charge in [0.15, 0.2) is 5.58 Å². The number of carbonyl (C=O) groups is 2. The van der Waals surface area contributed by atoms with Crippen molar-refractivity contribution in [3.05, 3.63) is 67.6 Å². The van der Waals surface area contributed by atoms with Crippen molar-refractivity contribution >= 4 is 45.9 Å². The topological polar surface area (TPSA) is 146 Å². The average molecular weight is 449 g/mol. The molecule has 12 heteroatoms. The predicted octanol–water partition coefficient (Wildman–Crippen LogP) is 2.17. The minimum Gasteiger partial charge on any atom is -0.407 e. The number of fused-ring (bicyclic) bond motifs is 1. The van der Waals surface area contributed by atoms with E-state index in [1.54, 1.807) is 0 Å². The number of halogens is 1. The molecule has 31 heavy (non-hydrogen) atoms. The van der Waals surface area contributed by atoms with Crippen LogP contribution in [0, 0.1) is 10.1 Å². The maximum Gasteiger partial charge on any atom is 0.420 e. The molecule has 0 atom stereocenters. The summed E-state index contributed by atoms with van der Waals surface area (Å²) in [6, 6.07) is 8.01. The van der Waals surface area contributed by atoms with E-state index < -0.39 is 16.6 Å². The number of nitro groups is 1. The van der Waals surface area contributed by atoms with Gasteiger partial charge in [-0.05, 0) is 24.3 Å². The Labute approximate surface area is 179 Å². The first kappa shape index (κ1) is 22.0.